The minimum Gasteiger partial charge on any atom is -0.465 e. The van der Waals surface area contributed by atoms with E-state index >= 15 is 0 Å². The summed E-state index contributed by atoms with van der Waals surface area (Å²) in [5, 5.41) is 0.0856. The number of pyridine rings is 1. The first-order valence-electron chi connectivity index (χ1n) is 5.58. The molecule has 1 rings (SSSR count). The Hall–Kier alpha value is -1.07. The molecule has 0 bridgehead atoms. The molecule has 1 aromatic heterocycles. The molecule has 1 aromatic rings. The number of nitrogens with zero attached hydrogens (tertiary/aromatic N) is 1. The van der Waals surface area contributed by atoms with E-state index in [4.69, 9.17) is 10.5 Å². The number of rotatable bonds is 6. The van der Waals surface area contributed by atoms with Crippen molar-refractivity contribution in [3.05, 3.63) is 30.1 Å². The quantitative estimate of drug-likeness (QED) is 0.784. The van der Waals surface area contributed by atoms with Crippen LogP contribution in [0.2, 0.25) is 0 Å². The van der Waals surface area contributed by atoms with Gasteiger partial charge in [0, 0.05) is 23.7 Å². The van der Waals surface area contributed by atoms with Gasteiger partial charge in [-0.1, -0.05) is 0 Å². The van der Waals surface area contributed by atoms with Gasteiger partial charge >= 0.3 is 5.97 Å². The van der Waals surface area contributed by atoms with Crippen LogP contribution in [0.4, 0.5) is 0 Å². The zero-order valence-corrected chi connectivity index (χ0v) is 10.9. The molecule has 0 aliphatic heterocycles. The smallest absolute Gasteiger partial charge is 0.315 e. The minimum absolute atomic E-state index is 0.0307. The number of carbonyl (C=O) groups is 1. The third kappa shape index (κ3) is 4.75. The number of ether oxygens (including phenoxy) is 1. The van der Waals surface area contributed by atoms with Crippen molar-refractivity contribution in [2.24, 2.45) is 5.73 Å². The summed E-state index contributed by atoms with van der Waals surface area (Å²) >= 11 is 1.50. The molecule has 0 aliphatic carbocycles. The van der Waals surface area contributed by atoms with E-state index < -0.39 is 0 Å². The molecule has 0 aliphatic rings. The maximum absolute atomic E-state index is 11.3. The highest BCUT2D eigenvalue weighted by atomic mass is 32.2. The van der Waals surface area contributed by atoms with Crippen LogP contribution < -0.4 is 5.73 Å². The van der Waals surface area contributed by atoms with Gasteiger partial charge in [-0.3, -0.25) is 9.78 Å². The second kappa shape index (κ2) is 7.29. The second-order valence-corrected chi connectivity index (χ2v) is 4.81. The van der Waals surface area contributed by atoms with Crippen molar-refractivity contribution >= 4 is 17.7 Å². The molecule has 1 heterocycles. The summed E-state index contributed by atoms with van der Waals surface area (Å²) in [5.74, 6) is 0.125. The Kier molecular flexibility index (Phi) is 6.00. The van der Waals surface area contributed by atoms with E-state index in [1.54, 1.807) is 19.3 Å². The fourth-order valence-electron chi connectivity index (χ4n) is 1.47. The second-order valence-electron chi connectivity index (χ2n) is 3.68. The molecule has 0 radical (unpaired) electrons. The number of nitrogens with two attached hydrogens (primary N) is 1. The van der Waals surface area contributed by atoms with Crippen molar-refractivity contribution in [3.8, 4) is 0 Å². The fraction of sp³-hybridized carbons (Fsp3) is 0.500. The maximum Gasteiger partial charge on any atom is 0.315 e. The molecule has 0 saturated heterocycles. The molecule has 0 spiro atoms. The first-order valence-corrected chi connectivity index (χ1v) is 6.62. The van der Waals surface area contributed by atoms with Crippen LogP contribution in [0, 0.1) is 0 Å². The molecule has 4 nitrogen and oxygen atoms in total. The Bertz CT molecular complexity index is 344. The van der Waals surface area contributed by atoms with Gasteiger partial charge in [-0.15, -0.1) is 11.8 Å². The molecular formula is C12H18N2O2S. The van der Waals surface area contributed by atoms with Crippen molar-refractivity contribution in [1.29, 1.82) is 0 Å². The number of aromatic nitrogens is 1. The lowest BCUT2D eigenvalue weighted by atomic mass is 10.1. The maximum atomic E-state index is 11.3. The van der Waals surface area contributed by atoms with E-state index in [1.807, 2.05) is 19.1 Å². The number of hydrogen-bond acceptors (Lipinski definition) is 5. The molecule has 2 atom stereocenters. The van der Waals surface area contributed by atoms with E-state index in [2.05, 4.69) is 4.98 Å². The van der Waals surface area contributed by atoms with E-state index in [0.29, 0.717) is 12.4 Å². The summed E-state index contributed by atoms with van der Waals surface area (Å²) < 4.78 is 4.89. The summed E-state index contributed by atoms with van der Waals surface area (Å²) in [7, 11) is 0. The average Bonchev–Trinajstić information content (AvgIpc) is 2.30. The zero-order chi connectivity index (χ0) is 12.7. The molecule has 2 unspecified atom stereocenters. The van der Waals surface area contributed by atoms with E-state index in [0.717, 1.165) is 5.56 Å². The van der Waals surface area contributed by atoms with Crippen molar-refractivity contribution in [2.45, 2.75) is 25.1 Å². The third-order valence-electron chi connectivity index (χ3n) is 2.20. The van der Waals surface area contributed by atoms with Gasteiger partial charge in [0.2, 0.25) is 0 Å². The lowest BCUT2D eigenvalue weighted by molar-refractivity contribution is -0.139. The van der Waals surface area contributed by atoms with Gasteiger partial charge in [-0.2, -0.15) is 0 Å². The standard InChI is InChI=1S/C12H18N2O2S/c1-3-16-11(15)8-17-12(9(2)13)10-4-6-14-7-5-10/h4-7,9,12H,3,8,13H2,1-2H3. The van der Waals surface area contributed by atoms with Crippen LogP contribution in [0.3, 0.4) is 0 Å². The predicted molar refractivity (Wildman–Crippen MR) is 69.7 cm³/mol. The minimum atomic E-state index is -0.197. The number of carbonyl (C=O) groups excluding carboxylic acids is 1. The van der Waals surface area contributed by atoms with Crippen LogP contribution in [0.15, 0.2) is 24.5 Å². The highest BCUT2D eigenvalue weighted by Crippen LogP contribution is 2.30. The Morgan fingerprint density at radius 2 is 2.18 bits per heavy atom. The van der Waals surface area contributed by atoms with Crippen LogP contribution in [-0.4, -0.2) is 29.4 Å². The van der Waals surface area contributed by atoms with Crippen LogP contribution in [-0.2, 0) is 9.53 Å². The molecule has 5 heteroatoms. The van der Waals surface area contributed by atoms with Crippen molar-refractivity contribution in [3.63, 3.8) is 0 Å². The molecule has 94 valence electrons. The number of esters is 1. The van der Waals surface area contributed by atoms with Crippen molar-refractivity contribution in [1.82, 2.24) is 4.98 Å². The van der Waals surface area contributed by atoms with Gasteiger partial charge in [0.25, 0.3) is 0 Å². The Labute approximate surface area is 106 Å². The van der Waals surface area contributed by atoms with Crippen LogP contribution in [0.5, 0.6) is 0 Å². The molecule has 0 saturated carbocycles. The Morgan fingerprint density at radius 1 is 1.53 bits per heavy atom. The topological polar surface area (TPSA) is 65.2 Å². The first kappa shape index (κ1) is 14.0. The third-order valence-corrected chi connectivity index (χ3v) is 3.66. The summed E-state index contributed by atoms with van der Waals surface area (Å²) in [4.78, 5) is 15.3. The molecule has 0 aromatic carbocycles. The van der Waals surface area contributed by atoms with Crippen LogP contribution in [0.1, 0.15) is 24.7 Å². The van der Waals surface area contributed by atoms with E-state index in [9.17, 15) is 4.79 Å². The average molecular weight is 254 g/mol. The SMILES string of the molecule is CCOC(=O)CSC(c1ccncc1)C(C)N. The fourth-order valence-corrected chi connectivity index (χ4v) is 2.52. The monoisotopic (exact) mass is 254 g/mol. The number of hydrogen-bond donors (Lipinski definition) is 1. The van der Waals surface area contributed by atoms with Gasteiger partial charge in [-0.05, 0) is 31.5 Å². The molecule has 2 N–H and O–H groups in total. The largest absolute Gasteiger partial charge is 0.465 e. The number of thioether (sulfide) groups is 1. The summed E-state index contributed by atoms with van der Waals surface area (Å²) in [5.41, 5.74) is 7.02. The normalized spacial score (nSPS) is 14.1. The van der Waals surface area contributed by atoms with Crippen LogP contribution in [0.25, 0.3) is 0 Å². The molecular weight excluding hydrogens is 236 g/mol. The molecule has 17 heavy (non-hydrogen) atoms. The van der Waals surface area contributed by atoms with E-state index in [-0.39, 0.29) is 17.3 Å². The van der Waals surface area contributed by atoms with Gasteiger partial charge in [0.05, 0.1) is 12.4 Å². The summed E-state index contributed by atoms with van der Waals surface area (Å²) in [6.45, 7) is 4.15. The Balaban J connectivity index is 2.59. The van der Waals surface area contributed by atoms with Crippen molar-refractivity contribution < 1.29 is 9.53 Å². The van der Waals surface area contributed by atoms with Crippen molar-refractivity contribution in [2.75, 3.05) is 12.4 Å². The lowest BCUT2D eigenvalue weighted by Crippen LogP contribution is -2.24. The van der Waals surface area contributed by atoms with Gasteiger partial charge in [-0.25, -0.2) is 0 Å². The summed E-state index contributed by atoms with van der Waals surface area (Å²) in [6, 6.07) is 3.81. The van der Waals surface area contributed by atoms with E-state index in [1.165, 1.54) is 11.8 Å². The van der Waals surface area contributed by atoms with Crippen LogP contribution >= 0.6 is 11.8 Å². The van der Waals surface area contributed by atoms with Gasteiger partial charge < -0.3 is 10.5 Å². The first-order chi connectivity index (χ1) is 8.15. The Morgan fingerprint density at radius 3 is 2.71 bits per heavy atom. The highest BCUT2D eigenvalue weighted by molar-refractivity contribution is 8.00. The van der Waals surface area contributed by atoms with Gasteiger partial charge in [0.1, 0.15) is 0 Å². The summed E-state index contributed by atoms with van der Waals surface area (Å²) in [6.07, 6.45) is 3.46. The molecule has 0 amide bonds. The molecule has 0 fully saturated rings. The predicted octanol–water partition coefficient (Wildman–Crippen LogP) is 1.77. The highest BCUT2D eigenvalue weighted by Gasteiger charge is 2.18. The zero-order valence-electron chi connectivity index (χ0n) is 10.1. The lowest BCUT2D eigenvalue weighted by Gasteiger charge is -2.20. The van der Waals surface area contributed by atoms with Gasteiger partial charge in [0.15, 0.2) is 0 Å².